The molecule has 2 heterocycles. The number of hydrogen-bond donors (Lipinski definition) is 2. The Bertz CT molecular complexity index is 789. The Morgan fingerprint density at radius 1 is 1.33 bits per heavy atom. The molecule has 3 rings (SSSR count). The first kappa shape index (κ1) is 15.3. The van der Waals surface area contributed by atoms with E-state index in [1.807, 2.05) is 12.1 Å². The van der Waals surface area contributed by atoms with Gasteiger partial charge in [0.05, 0.1) is 22.0 Å². The van der Waals surface area contributed by atoms with Gasteiger partial charge in [-0.25, -0.2) is 4.98 Å². The molecule has 0 amide bonds. The second kappa shape index (κ2) is 6.60. The van der Waals surface area contributed by atoms with E-state index in [-0.39, 0.29) is 5.56 Å². The molecule has 0 aliphatic carbocycles. The Morgan fingerprint density at radius 3 is 2.71 bits per heavy atom. The van der Waals surface area contributed by atoms with Crippen molar-refractivity contribution >= 4 is 44.5 Å². The molecular formula is C14H10BrClN2O3. The molecule has 21 heavy (non-hydrogen) atoms. The van der Waals surface area contributed by atoms with Gasteiger partial charge in [-0.3, -0.25) is 0 Å². The summed E-state index contributed by atoms with van der Waals surface area (Å²) < 4.78 is 1.91. The number of hydrogen-bond acceptors (Lipinski definition) is 3. The number of carboxylic acids is 1. The van der Waals surface area contributed by atoms with Crippen molar-refractivity contribution in [1.29, 1.82) is 0 Å². The van der Waals surface area contributed by atoms with Crippen LogP contribution in [-0.2, 0) is 0 Å². The summed E-state index contributed by atoms with van der Waals surface area (Å²) in [6, 6.07) is 9.77. The lowest BCUT2D eigenvalue weighted by atomic mass is 10.2. The number of aromatic amines is 1. The third kappa shape index (κ3) is 3.96. The maximum atomic E-state index is 10.2. The van der Waals surface area contributed by atoms with Crippen molar-refractivity contribution in [2.24, 2.45) is 0 Å². The van der Waals surface area contributed by atoms with Crippen molar-refractivity contribution in [1.82, 2.24) is 4.98 Å². The van der Waals surface area contributed by atoms with Crippen LogP contribution in [0, 0.1) is 0 Å². The van der Waals surface area contributed by atoms with E-state index in [4.69, 9.17) is 11.6 Å². The van der Waals surface area contributed by atoms with Crippen molar-refractivity contribution in [3.8, 4) is 0 Å². The molecule has 2 N–H and O–H groups in total. The van der Waals surface area contributed by atoms with Crippen molar-refractivity contribution < 1.29 is 19.8 Å². The van der Waals surface area contributed by atoms with Gasteiger partial charge in [-0.2, -0.15) is 0 Å². The van der Waals surface area contributed by atoms with Gasteiger partial charge in [0.15, 0.2) is 6.20 Å². The van der Waals surface area contributed by atoms with E-state index in [1.165, 1.54) is 12.1 Å². The minimum absolute atomic E-state index is 0.104. The van der Waals surface area contributed by atoms with E-state index in [0.29, 0.717) is 10.7 Å². The Hall–Kier alpha value is -2.05. The summed E-state index contributed by atoms with van der Waals surface area (Å²) in [5, 5.41) is 20.9. The number of benzene rings is 1. The molecule has 5 nitrogen and oxygen atoms in total. The van der Waals surface area contributed by atoms with E-state index >= 15 is 0 Å². The average molecular weight is 370 g/mol. The maximum Gasteiger partial charge on any atom is 0.325 e. The Kier molecular flexibility index (Phi) is 4.82. The molecular weight excluding hydrogens is 360 g/mol. The largest absolute Gasteiger partial charge is 0.545 e. The van der Waals surface area contributed by atoms with E-state index in [1.54, 1.807) is 24.5 Å². The van der Waals surface area contributed by atoms with Crippen LogP contribution >= 0.6 is 27.5 Å². The molecule has 3 aromatic rings. The first-order valence-corrected chi connectivity index (χ1v) is 6.99. The Labute approximate surface area is 133 Å². The highest BCUT2D eigenvalue weighted by atomic mass is 79.9. The van der Waals surface area contributed by atoms with Gasteiger partial charge in [0.1, 0.15) is 0 Å². The standard InChI is InChI=1S/C7H5BrN2O.C7H5ClO2/c8-6-3-5-1-2-9-7(5)10(11)4-6;8-6-3-1-2-5(4-6)7(9)10/h1-4,11H;1-4H,(H,9,10). The predicted octanol–water partition coefficient (Wildman–Crippen LogP) is 2.16. The quantitative estimate of drug-likeness (QED) is 0.509. The van der Waals surface area contributed by atoms with Crippen LogP contribution in [0.5, 0.6) is 0 Å². The number of nitrogens with one attached hydrogen (secondary N) is 1. The summed E-state index contributed by atoms with van der Waals surface area (Å²) in [6.07, 6.45) is 3.36. The van der Waals surface area contributed by atoms with Crippen molar-refractivity contribution in [2.45, 2.75) is 0 Å². The lowest BCUT2D eigenvalue weighted by Crippen LogP contribution is -2.30. The van der Waals surface area contributed by atoms with Crippen LogP contribution in [-0.4, -0.2) is 16.2 Å². The summed E-state index contributed by atoms with van der Waals surface area (Å²) in [5.74, 6) is -1.21. The number of nitrogens with zero attached hydrogens (tertiary/aromatic N) is 1. The van der Waals surface area contributed by atoms with Gasteiger partial charge in [0, 0.05) is 5.02 Å². The van der Waals surface area contributed by atoms with Gasteiger partial charge >= 0.3 is 5.65 Å². The van der Waals surface area contributed by atoms with E-state index in [9.17, 15) is 15.1 Å². The highest BCUT2D eigenvalue weighted by molar-refractivity contribution is 9.10. The zero-order valence-electron chi connectivity index (χ0n) is 10.6. The molecule has 2 aromatic heterocycles. The molecule has 0 spiro atoms. The summed E-state index contributed by atoms with van der Waals surface area (Å²) >= 11 is 8.77. The molecule has 0 saturated heterocycles. The molecule has 0 saturated carbocycles. The van der Waals surface area contributed by atoms with Crippen molar-refractivity contribution in [2.75, 3.05) is 0 Å². The fraction of sp³-hybridized carbons (Fsp3) is 0. The molecule has 0 atom stereocenters. The first-order chi connectivity index (χ1) is 9.97. The lowest BCUT2D eigenvalue weighted by molar-refractivity contribution is -0.886. The number of carbonyl (C=O) groups is 1. The number of carbonyl (C=O) groups excluding carboxylic acids is 1. The zero-order chi connectivity index (χ0) is 15.4. The van der Waals surface area contributed by atoms with E-state index in [0.717, 1.165) is 14.6 Å². The molecule has 0 aliphatic heterocycles. The zero-order valence-corrected chi connectivity index (χ0v) is 12.9. The number of aromatic nitrogens is 2. The lowest BCUT2D eigenvalue weighted by Gasteiger charge is -2.00. The third-order valence-electron chi connectivity index (χ3n) is 2.58. The summed E-state index contributed by atoms with van der Waals surface area (Å²) in [4.78, 5) is 13.1. The highest BCUT2D eigenvalue weighted by Crippen LogP contribution is 2.13. The fourth-order valence-corrected chi connectivity index (χ4v) is 2.30. The van der Waals surface area contributed by atoms with Crippen LogP contribution in [0.1, 0.15) is 10.4 Å². The van der Waals surface area contributed by atoms with Crippen LogP contribution in [0.2, 0.25) is 5.02 Å². The van der Waals surface area contributed by atoms with E-state index < -0.39 is 5.97 Å². The number of pyridine rings is 1. The monoisotopic (exact) mass is 368 g/mol. The minimum atomic E-state index is -1.21. The molecule has 0 aliphatic rings. The molecule has 0 bridgehead atoms. The third-order valence-corrected chi connectivity index (χ3v) is 3.25. The number of rotatable bonds is 1. The summed E-state index contributed by atoms with van der Waals surface area (Å²) in [7, 11) is 0. The molecule has 0 radical (unpaired) electrons. The maximum absolute atomic E-state index is 10.2. The summed E-state index contributed by atoms with van der Waals surface area (Å²) in [6.45, 7) is 0. The first-order valence-electron chi connectivity index (χ1n) is 5.82. The second-order valence-corrected chi connectivity index (χ2v) is 5.43. The summed E-state index contributed by atoms with van der Waals surface area (Å²) in [5.41, 5.74) is 0.806. The number of carboxylic acid groups (broad SMARTS) is 1. The number of H-pyrrole nitrogens is 1. The van der Waals surface area contributed by atoms with Crippen LogP contribution in [0.3, 0.4) is 0 Å². The minimum Gasteiger partial charge on any atom is -0.545 e. The normalized spacial score (nSPS) is 10.0. The molecule has 7 heteroatoms. The van der Waals surface area contributed by atoms with E-state index in [2.05, 4.69) is 20.9 Å². The predicted molar refractivity (Wildman–Crippen MR) is 79.2 cm³/mol. The smallest absolute Gasteiger partial charge is 0.325 e. The van der Waals surface area contributed by atoms with Crippen LogP contribution in [0.4, 0.5) is 0 Å². The van der Waals surface area contributed by atoms with Crippen LogP contribution < -0.4 is 9.84 Å². The number of halogens is 2. The average Bonchev–Trinajstić information content (AvgIpc) is 2.88. The Morgan fingerprint density at radius 2 is 2.10 bits per heavy atom. The van der Waals surface area contributed by atoms with Crippen LogP contribution in [0.15, 0.2) is 53.3 Å². The number of fused-ring (bicyclic) bond motifs is 1. The SMILES string of the molecule is O=C([O-])c1cccc(Cl)c1.O[n+]1cc(Br)cc2cc[nH]c21. The van der Waals surface area contributed by atoms with Gasteiger partial charge in [-0.1, -0.05) is 28.5 Å². The van der Waals surface area contributed by atoms with Crippen LogP contribution in [0.25, 0.3) is 11.0 Å². The second-order valence-electron chi connectivity index (χ2n) is 4.08. The molecule has 108 valence electrons. The Balaban J connectivity index is 0.000000155. The van der Waals surface area contributed by atoms with Gasteiger partial charge in [-0.15, -0.1) is 0 Å². The van der Waals surface area contributed by atoms with Gasteiger partial charge in [0.2, 0.25) is 0 Å². The van der Waals surface area contributed by atoms with Gasteiger partial charge in [-0.05, 0) is 45.8 Å². The highest BCUT2D eigenvalue weighted by Gasteiger charge is 2.07. The number of aromatic carboxylic acids is 1. The van der Waals surface area contributed by atoms with Crippen molar-refractivity contribution in [3.63, 3.8) is 0 Å². The van der Waals surface area contributed by atoms with Crippen molar-refractivity contribution in [3.05, 3.63) is 63.9 Å². The molecule has 0 fully saturated rings. The van der Waals surface area contributed by atoms with Gasteiger partial charge in [0.25, 0.3) is 0 Å². The topological polar surface area (TPSA) is 80.0 Å². The molecule has 1 aromatic carbocycles. The molecule has 0 unspecified atom stereocenters. The fourth-order valence-electron chi connectivity index (χ4n) is 1.67. The van der Waals surface area contributed by atoms with Gasteiger partial charge < -0.3 is 15.1 Å².